The molecule has 1 aromatic rings. The quantitative estimate of drug-likeness (QED) is 0.470. The van der Waals surface area contributed by atoms with E-state index in [1.807, 2.05) is 13.1 Å². The summed E-state index contributed by atoms with van der Waals surface area (Å²) in [6, 6.07) is 6.31. The van der Waals surface area contributed by atoms with Crippen molar-refractivity contribution >= 4 is 5.96 Å². The number of nitrogens with one attached hydrogen (secondary N) is 2. The number of benzene rings is 1. The molecule has 3 rings (SSSR count). The number of hydrogen-bond acceptors (Lipinski definition) is 4. The van der Waals surface area contributed by atoms with Gasteiger partial charge >= 0.3 is 0 Å². The summed E-state index contributed by atoms with van der Waals surface area (Å²) in [5.74, 6) is 2.53. The van der Waals surface area contributed by atoms with Crippen LogP contribution in [0.15, 0.2) is 23.2 Å². The van der Waals surface area contributed by atoms with Gasteiger partial charge < -0.3 is 24.8 Å². The van der Waals surface area contributed by atoms with E-state index in [0.29, 0.717) is 6.79 Å². The molecule has 0 atom stereocenters. The summed E-state index contributed by atoms with van der Waals surface area (Å²) in [6.07, 6.45) is 4.27. The molecule has 2 aliphatic heterocycles. The van der Waals surface area contributed by atoms with Crippen molar-refractivity contribution in [3.63, 3.8) is 0 Å². The zero-order valence-electron chi connectivity index (χ0n) is 15.3. The highest BCUT2D eigenvalue weighted by Gasteiger charge is 2.35. The lowest BCUT2D eigenvalue weighted by molar-refractivity contribution is 0.0513. The van der Waals surface area contributed by atoms with Crippen LogP contribution < -0.4 is 20.1 Å². The Hall–Kier alpha value is -1.95. The largest absolute Gasteiger partial charge is 0.454 e. The Bertz CT molecular complexity index is 598. The van der Waals surface area contributed by atoms with Crippen LogP contribution in [0.5, 0.6) is 11.5 Å². The lowest BCUT2D eigenvalue weighted by atomic mass is 9.74. The van der Waals surface area contributed by atoms with Crippen LogP contribution in [-0.4, -0.2) is 46.1 Å². The summed E-state index contributed by atoms with van der Waals surface area (Å²) >= 11 is 0. The molecule has 1 aromatic carbocycles. The summed E-state index contributed by atoms with van der Waals surface area (Å²) < 4.78 is 16.7. The van der Waals surface area contributed by atoms with Crippen molar-refractivity contribution in [2.45, 2.75) is 38.0 Å². The van der Waals surface area contributed by atoms with Gasteiger partial charge in [-0.1, -0.05) is 19.4 Å². The predicted octanol–water partition coefficient (Wildman–Crippen LogP) is 2.43. The molecule has 1 fully saturated rings. The lowest BCUT2D eigenvalue weighted by Crippen LogP contribution is -2.48. The fraction of sp³-hybridized carbons (Fsp3) is 0.632. The average Bonchev–Trinajstić information content (AvgIpc) is 3.13. The fourth-order valence-electron chi connectivity index (χ4n) is 3.41. The van der Waals surface area contributed by atoms with Crippen LogP contribution in [0.4, 0.5) is 0 Å². The molecule has 0 aromatic heterocycles. The Morgan fingerprint density at radius 2 is 1.96 bits per heavy atom. The number of fused-ring (bicyclic) bond motifs is 1. The van der Waals surface area contributed by atoms with Crippen molar-refractivity contribution < 1.29 is 14.2 Å². The third kappa shape index (κ3) is 4.18. The lowest BCUT2D eigenvalue weighted by Gasteiger charge is -2.38. The van der Waals surface area contributed by atoms with Crippen molar-refractivity contribution in [2.24, 2.45) is 4.99 Å². The van der Waals surface area contributed by atoms with E-state index in [-0.39, 0.29) is 5.41 Å². The van der Waals surface area contributed by atoms with Gasteiger partial charge in [0.2, 0.25) is 6.79 Å². The summed E-state index contributed by atoms with van der Waals surface area (Å²) in [5.41, 5.74) is 1.29. The summed E-state index contributed by atoms with van der Waals surface area (Å²) in [7, 11) is 1.82. The molecule has 1 saturated heterocycles. The van der Waals surface area contributed by atoms with Crippen LogP contribution in [0.2, 0.25) is 0 Å². The highest BCUT2D eigenvalue weighted by Crippen LogP contribution is 2.40. The fourth-order valence-corrected chi connectivity index (χ4v) is 3.41. The molecular formula is C19H29N3O3. The Morgan fingerprint density at radius 1 is 1.16 bits per heavy atom. The number of guanidine groups is 1. The topological polar surface area (TPSA) is 64.1 Å². The minimum Gasteiger partial charge on any atom is -0.454 e. The standard InChI is InChI=1S/C19H29N3O3/c1-3-4-9-21-18(20-2)22-13-19(7-10-23-11-8-19)15-5-6-16-17(12-15)25-14-24-16/h5-6,12H,3-4,7-11,13-14H2,1-2H3,(H2,20,21,22). The van der Waals surface area contributed by atoms with Gasteiger partial charge in [0, 0.05) is 38.8 Å². The van der Waals surface area contributed by atoms with E-state index in [4.69, 9.17) is 14.2 Å². The Balaban J connectivity index is 1.72. The normalized spacial score (nSPS) is 18.9. The minimum atomic E-state index is 0.0155. The summed E-state index contributed by atoms with van der Waals surface area (Å²) in [6.45, 7) is 5.81. The van der Waals surface area contributed by atoms with Crippen LogP contribution in [0.1, 0.15) is 38.2 Å². The van der Waals surface area contributed by atoms with Gasteiger partial charge in [-0.2, -0.15) is 0 Å². The van der Waals surface area contributed by atoms with Crippen LogP contribution in [0.25, 0.3) is 0 Å². The van der Waals surface area contributed by atoms with Crippen molar-refractivity contribution in [3.8, 4) is 11.5 Å². The van der Waals surface area contributed by atoms with Gasteiger partial charge in [0.15, 0.2) is 17.5 Å². The molecule has 0 bridgehead atoms. The van der Waals surface area contributed by atoms with Crippen LogP contribution in [0.3, 0.4) is 0 Å². The van der Waals surface area contributed by atoms with Gasteiger partial charge in [0.25, 0.3) is 0 Å². The number of unbranched alkanes of at least 4 members (excludes halogenated alkanes) is 1. The first-order valence-electron chi connectivity index (χ1n) is 9.20. The predicted molar refractivity (Wildman–Crippen MR) is 98.6 cm³/mol. The molecule has 2 heterocycles. The maximum atomic E-state index is 5.62. The van der Waals surface area contributed by atoms with Gasteiger partial charge in [-0.15, -0.1) is 0 Å². The molecule has 25 heavy (non-hydrogen) atoms. The SMILES string of the molecule is CCCCNC(=NC)NCC1(c2ccc3c(c2)OCO3)CCOCC1. The molecule has 138 valence electrons. The summed E-state index contributed by atoms with van der Waals surface area (Å²) in [4.78, 5) is 4.35. The van der Waals surface area contributed by atoms with E-state index in [0.717, 1.165) is 63.0 Å². The van der Waals surface area contributed by atoms with E-state index in [1.54, 1.807) is 0 Å². The smallest absolute Gasteiger partial charge is 0.231 e. The number of ether oxygens (including phenoxy) is 3. The summed E-state index contributed by atoms with van der Waals surface area (Å²) in [5, 5.41) is 6.90. The van der Waals surface area contributed by atoms with Crippen LogP contribution in [0, 0.1) is 0 Å². The molecule has 6 nitrogen and oxygen atoms in total. The van der Waals surface area contributed by atoms with E-state index in [1.165, 1.54) is 12.0 Å². The first-order valence-corrected chi connectivity index (χ1v) is 9.20. The molecular weight excluding hydrogens is 318 g/mol. The third-order valence-electron chi connectivity index (χ3n) is 5.08. The number of rotatable bonds is 6. The van der Waals surface area contributed by atoms with Gasteiger partial charge in [0.1, 0.15) is 0 Å². The minimum absolute atomic E-state index is 0.0155. The Morgan fingerprint density at radius 3 is 2.72 bits per heavy atom. The first-order chi connectivity index (χ1) is 12.3. The number of nitrogens with zero attached hydrogens (tertiary/aromatic N) is 1. The van der Waals surface area contributed by atoms with Crippen LogP contribution in [-0.2, 0) is 10.2 Å². The first kappa shape index (κ1) is 17.9. The number of aliphatic imine (C=N–C) groups is 1. The molecule has 2 N–H and O–H groups in total. The molecule has 0 saturated carbocycles. The molecule has 6 heteroatoms. The molecule has 0 amide bonds. The monoisotopic (exact) mass is 347 g/mol. The van der Waals surface area contributed by atoms with E-state index >= 15 is 0 Å². The second kappa shape index (κ2) is 8.43. The van der Waals surface area contributed by atoms with Crippen molar-refractivity contribution in [1.29, 1.82) is 0 Å². The average molecular weight is 347 g/mol. The van der Waals surface area contributed by atoms with Gasteiger partial charge in [-0.05, 0) is 37.0 Å². The highest BCUT2D eigenvalue weighted by molar-refractivity contribution is 5.79. The zero-order valence-corrected chi connectivity index (χ0v) is 15.3. The van der Waals surface area contributed by atoms with Crippen molar-refractivity contribution in [3.05, 3.63) is 23.8 Å². The molecule has 0 spiro atoms. The highest BCUT2D eigenvalue weighted by atomic mass is 16.7. The van der Waals surface area contributed by atoms with Gasteiger partial charge in [-0.25, -0.2) is 0 Å². The Labute approximate surface area is 149 Å². The zero-order chi connectivity index (χ0) is 17.5. The Kier molecular flexibility index (Phi) is 6.02. The molecule has 0 unspecified atom stereocenters. The van der Waals surface area contributed by atoms with Crippen molar-refractivity contribution in [1.82, 2.24) is 10.6 Å². The van der Waals surface area contributed by atoms with Crippen LogP contribution >= 0.6 is 0 Å². The second-order valence-corrected chi connectivity index (χ2v) is 6.67. The maximum absolute atomic E-state index is 5.62. The molecule has 0 aliphatic carbocycles. The molecule has 2 aliphatic rings. The molecule has 0 radical (unpaired) electrons. The van der Waals surface area contributed by atoms with Crippen molar-refractivity contribution in [2.75, 3.05) is 40.1 Å². The van der Waals surface area contributed by atoms with Gasteiger partial charge in [0.05, 0.1) is 0 Å². The maximum Gasteiger partial charge on any atom is 0.231 e. The van der Waals surface area contributed by atoms with E-state index in [9.17, 15) is 0 Å². The van der Waals surface area contributed by atoms with E-state index in [2.05, 4.69) is 34.7 Å². The van der Waals surface area contributed by atoms with Gasteiger partial charge in [-0.3, -0.25) is 4.99 Å². The third-order valence-corrected chi connectivity index (χ3v) is 5.08. The second-order valence-electron chi connectivity index (χ2n) is 6.67. The number of hydrogen-bond donors (Lipinski definition) is 2. The van der Waals surface area contributed by atoms with E-state index < -0.39 is 0 Å².